The third-order valence-corrected chi connectivity index (χ3v) is 6.19. The van der Waals surface area contributed by atoms with Crippen molar-refractivity contribution in [1.29, 1.82) is 0 Å². The average molecular weight is 295 g/mol. The fourth-order valence-electron chi connectivity index (χ4n) is 1.82. The molecular weight excluding hydrogens is 286 g/mol. The van der Waals surface area contributed by atoms with Crippen molar-refractivity contribution >= 4 is 38.9 Å². The van der Waals surface area contributed by atoms with E-state index >= 15 is 0 Å². The van der Waals surface area contributed by atoms with Crippen molar-refractivity contribution in [3.05, 3.63) is 16.5 Å². The first-order valence-electron chi connectivity index (χ1n) is 4.91. The molecule has 17 heavy (non-hydrogen) atoms. The van der Waals surface area contributed by atoms with Gasteiger partial charge in [0.15, 0.2) is 0 Å². The molecule has 94 valence electrons. The first-order chi connectivity index (χ1) is 7.93. The number of carbonyl (C=O) groups excluding carboxylic acids is 1. The normalized spacial score (nSPS) is 21.8. The fourth-order valence-corrected chi connectivity index (χ4v) is 5.07. The predicted octanol–water partition coefficient (Wildman–Crippen LogP) is 0.304. The molecule has 1 aromatic rings. The molecule has 2 rings (SSSR count). The van der Waals surface area contributed by atoms with Gasteiger partial charge in [-0.2, -0.15) is 4.31 Å². The number of thiophene rings is 1. The van der Waals surface area contributed by atoms with Crippen molar-refractivity contribution in [1.82, 2.24) is 4.31 Å². The van der Waals surface area contributed by atoms with Crippen LogP contribution in [0.1, 0.15) is 12.8 Å². The molecule has 1 aromatic heterocycles. The summed E-state index contributed by atoms with van der Waals surface area (Å²) in [6.07, 6.45) is 0.817. The van der Waals surface area contributed by atoms with Crippen LogP contribution in [0, 0.1) is 0 Å². The highest BCUT2D eigenvalue weighted by Gasteiger charge is 2.36. The van der Waals surface area contributed by atoms with Crippen molar-refractivity contribution in [2.45, 2.75) is 23.1 Å². The van der Waals surface area contributed by atoms with Gasteiger partial charge >= 0.3 is 0 Å². The minimum Gasteiger partial charge on any atom is -0.548 e. The summed E-state index contributed by atoms with van der Waals surface area (Å²) in [7, 11) is -3.77. The number of nitrogens with zero attached hydrogens (tertiary/aromatic N) is 1. The van der Waals surface area contributed by atoms with Crippen molar-refractivity contribution in [2.24, 2.45) is 0 Å². The summed E-state index contributed by atoms with van der Waals surface area (Å²) in [4.78, 5) is 10.9. The van der Waals surface area contributed by atoms with Gasteiger partial charge in [0.1, 0.15) is 4.21 Å². The highest BCUT2D eigenvalue weighted by Crippen LogP contribution is 2.31. The van der Waals surface area contributed by atoms with Crippen LogP contribution in [0.4, 0.5) is 0 Å². The fraction of sp³-hybridized carbons (Fsp3) is 0.444. The van der Waals surface area contributed by atoms with E-state index in [1.165, 1.54) is 12.1 Å². The van der Waals surface area contributed by atoms with E-state index in [0.29, 0.717) is 17.2 Å². The summed E-state index contributed by atoms with van der Waals surface area (Å²) in [6.45, 7) is 0.205. The Morgan fingerprint density at radius 1 is 1.53 bits per heavy atom. The van der Waals surface area contributed by atoms with Crippen molar-refractivity contribution in [3.8, 4) is 0 Å². The van der Waals surface area contributed by atoms with E-state index < -0.39 is 22.0 Å². The zero-order chi connectivity index (χ0) is 12.6. The monoisotopic (exact) mass is 294 g/mol. The van der Waals surface area contributed by atoms with E-state index in [1.54, 1.807) is 0 Å². The molecule has 1 fully saturated rings. The molecule has 0 radical (unpaired) electrons. The molecular formula is C9H9ClNO4S2-. The number of carboxylic acids is 1. The number of sulfonamides is 1. The first kappa shape index (κ1) is 12.8. The molecule has 0 spiro atoms. The SMILES string of the molecule is O=C([O-])[C@@H]1CCCN1S(=O)(=O)c1ccc(Cl)s1. The summed E-state index contributed by atoms with van der Waals surface area (Å²) in [6, 6.07) is 1.79. The number of hydrogen-bond donors (Lipinski definition) is 0. The van der Waals surface area contributed by atoms with Crippen LogP contribution in [0.5, 0.6) is 0 Å². The van der Waals surface area contributed by atoms with Gasteiger partial charge in [-0.3, -0.25) is 0 Å². The summed E-state index contributed by atoms with van der Waals surface area (Å²) in [5.41, 5.74) is 0. The molecule has 1 aliphatic rings. The highest BCUT2D eigenvalue weighted by atomic mass is 35.5. The third kappa shape index (κ3) is 2.33. The van der Waals surface area contributed by atoms with Crippen LogP contribution in [-0.4, -0.2) is 31.3 Å². The molecule has 5 nitrogen and oxygen atoms in total. The van der Waals surface area contributed by atoms with Crippen molar-refractivity contribution < 1.29 is 18.3 Å². The topological polar surface area (TPSA) is 77.5 Å². The second kappa shape index (κ2) is 4.56. The van der Waals surface area contributed by atoms with Gasteiger partial charge in [0.2, 0.25) is 0 Å². The van der Waals surface area contributed by atoms with Crippen LogP contribution in [0.15, 0.2) is 16.3 Å². The lowest BCUT2D eigenvalue weighted by Crippen LogP contribution is -2.46. The molecule has 1 atom stereocenters. The molecule has 0 saturated carbocycles. The Labute approximate surface area is 108 Å². The first-order valence-corrected chi connectivity index (χ1v) is 7.54. The Hall–Kier alpha value is -0.630. The average Bonchev–Trinajstić information content (AvgIpc) is 2.84. The second-order valence-corrected chi connectivity index (χ2v) is 7.48. The maximum atomic E-state index is 12.1. The summed E-state index contributed by atoms with van der Waals surface area (Å²) < 4.78 is 25.7. The summed E-state index contributed by atoms with van der Waals surface area (Å²) in [5.74, 6) is -1.35. The van der Waals surface area contributed by atoms with Crippen LogP contribution in [0.3, 0.4) is 0 Å². The van der Waals surface area contributed by atoms with Crippen molar-refractivity contribution in [3.63, 3.8) is 0 Å². The van der Waals surface area contributed by atoms with Crippen LogP contribution >= 0.6 is 22.9 Å². The highest BCUT2D eigenvalue weighted by molar-refractivity contribution is 7.91. The van der Waals surface area contributed by atoms with Gasteiger partial charge in [0.05, 0.1) is 16.3 Å². The molecule has 0 N–H and O–H groups in total. The Morgan fingerprint density at radius 2 is 2.24 bits per heavy atom. The number of aliphatic carboxylic acids is 1. The Balaban J connectivity index is 2.36. The van der Waals surface area contributed by atoms with E-state index in [-0.39, 0.29) is 10.8 Å². The van der Waals surface area contributed by atoms with Crippen LogP contribution < -0.4 is 5.11 Å². The zero-order valence-corrected chi connectivity index (χ0v) is 11.0. The Kier molecular flexibility index (Phi) is 3.44. The summed E-state index contributed by atoms with van der Waals surface area (Å²) >= 11 is 6.60. The van der Waals surface area contributed by atoms with Gasteiger partial charge < -0.3 is 9.90 Å². The van der Waals surface area contributed by atoms with Gasteiger partial charge in [-0.15, -0.1) is 11.3 Å². The Morgan fingerprint density at radius 3 is 2.76 bits per heavy atom. The molecule has 0 aromatic carbocycles. The number of hydrogen-bond acceptors (Lipinski definition) is 5. The predicted molar refractivity (Wildman–Crippen MR) is 61.2 cm³/mol. The molecule has 1 aliphatic heterocycles. The van der Waals surface area contributed by atoms with Gasteiger partial charge in [0, 0.05) is 6.54 Å². The smallest absolute Gasteiger partial charge is 0.253 e. The van der Waals surface area contributed by atoms with Crippen LogP contribution in [-0.2, 0) is 14.8 Å². The molecule has 0 bridgehead atoms. The molecule has 0 unspecified atom stereocenters. The standard InChI is InChI=1S/C9H10ClNO4S2/c10-7-3-4-8(16-7)17(14,15)11-5-1-2-6(11)9(12)13/h3-4,6H,1-2,5H2,(H,12,13)/p-1/t6-/m0/s1. The third-order valence-electron chi connectivity index (χ3n) is 2.59. The molecule has 1 saturated heterocycles. The number of carboxylic acid groups (broad SMARTS) is 1. The maximum absolute atomic E-state index is 12.1. The van der Waals surface area contributed by atoms with Crippen LogP contribution in [0.2, 0.25) is 4.34 Å². The number of halogens is 1. The molecule has 8 heteroatoms. The zero-order valence-electron chi connectivity index (χ0n) is 8.63. The summed E-state index contributed by atoms with van der Waals surface area (Å²) in [5, 5.41) is 10.9. The van der Waals surface area contributed by atoms with E-state index in [0.717, 1.165) is 15.6 Å². The van der Waals surface area contributed by atoms with Crippen LogP contribution in [0.25, 0.3) is 0 Å². The maximum Gasteiger partial charge on any atom is 0.253 e. The van der Waals surface area contributed by atoms with E-state index in [9.17, 15) is 18.3 Å². The van der Waals surface area contributed by atoms with Gasteiger partial charge in [-0.25, -0.2) is 8.42 Å². The van der Waals surface area contributed by atoms with Gasteiger partial charge in [0.25, 0.3) is 10.0 Å². The van der Waals surface area contributed by atoms with E-state index in [4.69, 9.17) is 11.6 Å². The minimum atomic E-state index is -3.77. The van der Waals surface area contributed by atoms with E-state index in [2.05, 4.69) is 0 Å². The second-order valence-electron chi connectivity index (χ2n) is 3.65. The lowest BCUT2D eigenvalue weighted by atomic mass is 10.2. The lowest BCUT2D eigenvalue weighted by molar-refractivity contribution is -0.309. The Bertz CT molecular complexity index is 539. The van der Waals surface area contributed by atoms with Crippen molar-refractivity contribution in [2.75, 3.05) is 6.54 Å². The largest absolute Gasteiger partial charge is 0.548 e. The number of carbonyl (C=O) groups is 1. The quantitative estimate of drug-likeness (QED) is 0.803. The van der Waals surface area contributed by atoms with E-state index in [1.807, 2.05) is 0 Å². The van der Waals surface area contributed by atoms with Gasteiger partial charge in [-0.1, -0.05) is 11.6 Å². The lowest BCUT2D eigenvalue weighted by Gasteiger charge is -2.23. The molecule has 2 heterocycles. The minimum absolute atomic E-state index is 0.0654. The number of rotatable bonds is 3. The molecule has 0 aliphatic carbocycles. The molecule has 0 amide bonds. The van der Waals surface area contributed by atoms with Gasteiger partial charge in [-0.05, 0) is 25.0 Å².